The maximum absolute atomic E-state index is 7.90. The van der Waals surface area contributed by atoms with E-state index in [1.165, 1.54) is 12.4 Å². The lowest BCUT2D eigenvalue weighted by molar-refractivity contribution is 0.122. The first-order valence-electron chi connectivity index (χ1n) is 10.5. The molecule has 1 fully saturated rings. The Labute approximate surface area is 166 Å². The number of pyridine rings is 2. The predicted octanol–water partition coefficient (Wildman–Crippen LogP) is 0.667. The maximum atomic E-state index is 7.90. The lowest BCUT2D eigenvalue weighted by Crippen LogP contribution is -2.47. The standard InChI is InChI=1S/C19H22N8O/c1-19(21)15-10-22-16(20)8-13(15)14(9-23-19)18-24-17-3-2-12(11-27(17)25-18)26-4-6-28-7-5-26/h2-3,8-11,23H,4-7,21H2,1H3,(H2,20,22)/i1D3. The Morgan fingerprint density at radius 2 is 2.18 bits per heavy atom. The summed E-state index contributed by atoms with van der Waals surface area (Å²) in [6.45, 7) is 0.498. The van der Waals surface area contributed by atoms with Crippen LogP contribution >= 0.6 is 0 Å². The van der Waals surface area contributed by atoms with Crippen molar-refractivity contribution in [2.45, 2.75) is 12.5 Å². The molecule has 3 aromatic rings. The van der Waals surface area contributed by atoms with E-state index in [4.69, 9.17) is 20.3 Å². The molecule has 0 amide bonds. The van der Waals surface area contributed by atoms with Crippen molar-refractivity contribution in [3.8, 4) is 0 Å². The quantitative estimate of drug-likeness (QED) is 0.592. The second-order valence-electron chi connectivity index (χ2n) is 6.89. The molecule has 3 aromatic heterocycles. The van der Waals surface area contributed by atoms with Gasteiger partial charge in [-0.2, -0.15) is 0 Å². The summed E-state index contributed by atoms with van der Waals surface area (Å²) in [6.07, 6.45) is 4.85. The van der Waals surface area contributed by atoms with Gasteiger partial charge in [0, 0.05) is 40.7 Å². The smallest absolute Gasteiger partial charge is 0.184 e. The fourth-order valence-electron chi connectivity index (χ4n) is 3.53. The topological polar surface area (TPSA) is 120 Å². The summed E-state index contributed by atoms with van der Waals surface area (Å²) in [5.74, 6) is 0.670. The lowest BCUT2D eigenvalue weighted by atomic mass is 9.90. The molecule has 0 saturated carbocycles. The molecular weight excluding hydrogens is 356 g/mol. The average Bonchev–Trinajstić information content (AvgIpc) is 3.16. The van der Waals surface area contributed by atoms with Gasteiger partial charge in [-0.15, -0.1) is 5.10 Å². The average molecular weight is 381 g/mol. The van der Waals surface area contributed by atoms with Crippen LogP contribution < -0.4 is 21.7 Å². The number of hydrogen-bond donors (Lipinski definition) is 3. The largest absolute Gasteiger partial charge is 0.384 e. The van der Waals surface area contributed by atoms with Gasteiger partial charge in [-0.05, 0) is 30.6 Å². The lowest BCUT2D eigenvalue weighted by Gasteiger charge is -2.32. The van der Waals surface area contributed by atoms with E-state index in [2.05, 4.69) is 25.3 Å². The van der Waals surface area contributed by atoms with Crippen LogP contribution in [0.2, 0.25) is 0 Å². The number of fused-ring (bicyclic) bond motifs is 2. The van der Waals surface area contributed by atoms with E-state index in [-0.39, 0.29) is 5.82 Å². The molecule has 0 spiro atoms. The van der Waals surface area contributed by atoms with E-state index in [9.17, 15) is 0 Å². The number of aromatic nitrogens is 4. The fourth-order valence-corrected chi connectivity index (χ4v) is 3.53. The number of rotatable bonds is 2. The van der Waals surface area contributed by atoms with E-state index in [1.807, 2.05) is 18.3 Å². The van der Waals surface area contributed by atoms with Gasteiger partial charge < -0.3 is 26.4 Å². The second-order valence-corrected chi connectivity index (χ2v) is 6.89. The van der Waals surface area contributed by atoms with Crippen LogP contribution in [0.4, 0.5) is 11.5 Å². The Balaban J connectivity index is 1.58. The van der Waals surface area contributed by atoms with E-state index in [1.54, 1.807) is 10.6 Å². The molecule has 0 aliphatic carbocycles. The Bertz CT molecular complexity index is 1180. The summed E-state index contributed by atoms with van der Waals surface area (Å²) in [4.78, 5) is 10.9. The summed E-state index contributed by atoms with van der Waals surface area (Å²) >= 11 is 0. The van der Waals surface area contributed by atoms with Gasteiger partial charge in [0.25, 0.3) is 0 Å². The number of nitrogens with one attached hydrogen (secondary N) is 1. The van der Waals surface area contributed by atoms with Crippen LogP contribution in [0.3, 0.4) is 0 Å². The van der Waals surface area contributed by atoms with Crippen molar-refractivity contribution in [2.24, 2.45) is 5.73 Å². The van der Waals surface area contributed by atoms with Gasteiger partial charge >= 0.3 is 0 Å². The molecule has 2 aliphatic rings. The Morgan fingerprint density at radius 3 is 3.00 bits per heavy atom. The van der Waals surface area contributed by atoms with Gasteiger partial charge in [0.15, 0.2) is 11.5 Å². The third-order valence-corrected chi connectivity index (χ3v) is 5.02. The minimum atomic E-state index is -2.51. The van der Waals surface area contributed by atoms with E-state index < -0.39 is 12.5 Å². The van der Waals surface area contributed by atoms with Gasteiger partial charge in [0.1, 0.15) is 11.5 Å². The number of nitrogen functional groups attached to an aromatic ring is 1. The van der Waals surface area contributed by atoms with Crippen LogP contribution in [0, 0.1) is 0 Å². The monoisotopic (exact) mass is 381 g/mol. The highest BCUT2D eigenvalue weighted by Crippen LogP contribution is 2.33. The minimum Gasteiger partial charge on any atom is -0.384 e. The van der Waals surface area contributed by atoms with E-state index >= 15 is 0 Å². The molecule has 1 saturated heterocycles. The van der Waals surface area contributed by atoms with Crippen molar-refractivity contribution >= 4 is 22.7 Å². The van der Waals surface area contributed by atoms with Crippen molar-refractivity contribution in [1.29, 1.82) is 0 Å². The molecule has 2 aliphatic heterocycles. The molecule has 0 bridgehead atoms. The van der Waals surface area contributed by atoms with Crippen LogP contribution in [0.1, 0.15) is 27.9 Å². The summed E-state index contributed by atoms with van der Waals surface area (Å²) < 4.78 is 30.8. The summed E-state index contributed by atoms with van der Waals surface area (Å²) in [5, 5.41) is 7.46. The molecule has 28 heavy (non-hydrogen) atoms. The van der Waals surface area contributed by atoms with Crippen molar-refractivity contribution in [3.63, 3.8) is 0 Å². The van der Waals surface area contributed by atoms with Gasteiger partial charge in [-0.3, -0.25) is 0 Å². The third-order valence-electron chi connectivity index (χ3n) is 5.02. The zero-order chi connectivity index (χ0) is 21.8. The molecule has 5 rings (SSSR count). The van der Waals surface area contributed by atoms with Gasteiger partial charge in [-0.1, -0.05) is 0 Å². The number of nitrogens with zero attached hydrogens (tertiary/aromatic N) is 5. The number of ether oxygens (including phenoxy) is 1. The molecule has 0 radical (unpaired) electrons. The number of morpholine rings is 1. The van der Waals surface area contributed by atoms with Crippen LogP contribution in [0.5, 0.6) is 0 Å². The molecular formula is C19H22N8O. The molecule has 9 nitrogen and oxygen atoms in total. The third kappa shape index (κ3) is 2.76. The Hall–Kier alpha value is -3.17. The molecule has 5 heterocycles. The Morgan fingerprint density at radius 1 is 1.32 bits per heavy atom. The SMILES string of the molecule is [2H]C([2H])([2H])C1(N)NC=C(c2nc3ccc(N4CCOCC4)cn3n2)c2cc(N)ncc21. The summed E-state index contributed by atoms with van der Waals surface area (Å²) in [6, 6.07) is 5.50. The molecule has 9 heteroatoms. The molecule has 144 valence electrons. The first kappa shape index (κ1) is 13.9. The number of anilines is 2. The Kier molecular flexibility index (Phi) is 3.07. The highest BCUT2D eigenvalue weighted by molar-refractivity contribution is 5.81. The number of hydrogen-bond acceptors (Lipinski definition) is 8. The summed E-state index contributed by atoms with van der Waals surface area (Å²) in [5.41, 5.74) is 13.5. The normalized spacial score (nSPS) is 24.0. The van der Waals surface area contributed by atoms with Crippen molar-refractivity contribution in [3.05, 3.63) is 53.7 Å². The van der Waals surface area contributed by atoms with Crippen molar-refractivity contribution < 1.29 is 8.85 Å². The van der Waals surface area contributed by atoms with Crippen LogP contribution in [-0.2, 0) is 10.4 Å². The second kappa shape index (κ2) is 6.18. The highest BCUT2D eigenvalue weighted by Gasteiger charge is 2.31. The minimum absolute atomic E-state index is 0.248. The van der Waals surface area contributed by atoms with Crippen molar-refractivity contribution in [2.75, 3.05) is 36.9 Å². The predicted molar refractivity (Wildman–Crippen MR) is 106 cm³/mol. The first-order chi connectivity index (χ1) is 14.8. The molecule has 5 N–H and O–H groups in total. The van der Waals surface area contributed by atoms with Crippen molar-refractivity contribution in [1.82, 2.24) is 24.9 Å². The number of nitrogens with two attached hydrogens (primary N) is 2. The van der Waals surface area contributed by atoms with E-state index in [0.717, 1.165) is 18.8 Å². The van der Waals surface area contributed by atoms with Gasteiger partial charge in [-0.25, -0.2) is 14.5 Å². The van der Waals surface area contributed by atoms with Crippen LogP contribution in [-0.4, -0.2) is 45.9 Å². The maximum Gasteiger partial charge on any atom is 0.184 e. The summed E-state index contributed by atoms with van der Waals surface area (Å²) in [7, 11) is 0. The molecule has 1 unspecified atom stereocenters. The van der Waals surface area contributed by atoms with Crippen LogP contribution in [0.15, 0.2) is 36.8 Å². The molecule has 1 atom stereocenters. The van der Waals surface area contributed by atoms with Gasteiger partial charge in [0.05, 0.1) is 25.1 Å². The first-order valence-corrected chi connectivity index (χ1v) is 8.99. The highest BCUT2D eigenvalue weighted by atomic mass is 16.5. The zero-order valence-electron chi connectivity index (χ0n) is 18.1. The zero-order valence-corrected chi connectivity index (χ0v) is 15.1. The van der Waals surface area contributed by atoms with Gasteiger partial charge in [0.2, 0.25) is 0 Å². The fraction of sp³-hybridized carbons (Fsp3) is 0.316. The molecule has 0 aromatic carbocycles. The van der Waals surface area contributed by atoms with E-state index in [0.29, 0.717) is 41.4 Å². The van der Waals surface area contributed by atoms with Crippen LogP contribution in [0.25, 0.3) is 11.2 Å².